The minimum Gasteiger partial charge on any atom is -0.497 e. The zero-order valence-electron chi connectivity index (χ0n) is 16.7. The van der Waals surface area contributed by atoms with Crippen LogP contribution in [-0.2, 0) is 22.6 Å². The fourth-order valence-electron chi connectivity index (χ4n) is 4.06. The molecule has 2 aliphatic heterocycles. The lowest BCUT2D eigenvalue weighted by Crippen LogP contribution is -2.58. The third kappa shape index (κ3) is 4.90. The van der Waals surface area contributed by atoms with Gasteiger partial charge in [0, 0.05) is 44.6 Å². The van der Waals surface area contributed by atoms with Gasteiger partial charge in [-0.1, -0.05) is 12.1 Å². The molecule has 152 valence electrons. The number of aromatic nitrogens is 1. The Labute approximate surface area is 171 Å². The van der Waals surface area contributed by atoms with E-state index in [2.05, 4.69) is 39.2 Å². The second-order valence-electron chi connectivity index (χ2n) is 7.71. The van der Waals surface area contributed by atoms with E-state index in [4.69, 9.17) is 14.2 Å². The molecular weight excluding hydrogens is 374 g/mol. The van der Waals surface area contributed by atoms with Gasteiger partial charge in [0.2, 0.25) is 0 Å². The number of aryl methyl sites for hydroxylation is 1. The van der Waals surface area contributed by atoms with Crippen molar-refractivity contribution in [1.82, 2.24) is 14.8 Å². The number of rotatable bonds is 5. The molecule has 2 fully saturated rings. The molecule has 1 aromatic heterocycles. The van der Waals surface area contributed by atoms with Gasteiger partial charge in [-0.05, 0) is 24.6 Å². The normalized spacial score (nSPS) is 24.4. The van der Waals surface area contributed by atoms with Crippen LogP contribution in [0, 0.1) is 6.92 Å². The summed E-state index contributed by atoms with van der Waals surface area (Å²) in [4.78, 5) is 9.53. The van der Waals surface area contributed by atoms with E-state index >= 15 is 0 Å². The van der Waals surface area contributed by atoms with E-state index in [1.807, 2.05) is 12.1 Å². The molecule has 0 unspecified atom stereocenters. The smallest absolute Gasteiger partial charge is 0.118 e. The molecule has 2 saturated heterocycles. The van der Waals surface area contributed by atoms with Crippen molar-refractivity contribution in [3.05, 3.63) is 45.9 Å². The molecule has 0 bridgehead atoms. The van der Waals surface area contributed by atoms with Crippen LogP contribution in [0.5, 0.6) is 5.75 Å². The third-order valence-corrected chi connectivity index (χ3v) is 6.20. The average molecular weight is 404 g/mol. The SMILES string of the molecule is COc1ccc(CN2CCO[C@@]3(COCCN(Cc4csc(C)n4)C3)C2)cc1. The Morgan fingerprint density at radius 1 is 1.11 bits per heavy atom. The standard InChI is InChI=1S/C21H29N3O3S/c1-17-22-19(13-28-17)12-24-7-9-26-16-21(15-24)14-23(8-10-27-21)11-18-3-5-20(25-2)6-4-18/h3-6,13H,7-12,14-16H2,1-2H3/t21-/m0/s1. The number of ether oxygens (including phenoxy) is 3. The Morgan fingerprint density at radius 3 is 2.57 bits per heavy atom. The highest BCUT2D eigenvalue weighted by Gasteiger charge is 2.40. The van der Waals surface area contributed by atoms with Crippen molar-refractivity contribution >= 4 is 11.3 Å². The second kappa shape index (κ2) is 8.88. The van der Waals surface area contributed by atoms with Crippen LogP contribution in [0.25, 0.3) is 0 Å². The lowest BCUT2D eigenvalue weighted by atomic mass is 10.0. The van der Waals surface area contributed by atoms with Gasteiger partial charge in [0.25, 0.3) is 0 Å². The van der Waals surface area contributed by atoms with Crippen LogP contribution in [0.15, 0.2) is 29.6 Å². The lowest BCUT2D eigenvalue weighted by Gasteiger charge is -2.43. The van der Waals surface area contributed by atoms with E-state index in [0.29, 0.717) is 6.61 Å². The molecule has 2 aliphatic rings. The fraction of sp³-hybridized carbons (Fsp3) is 0.571. The molecule has 0 radical (unpaired) electrons. The van der Waals surface area contributed by atoms with Crippen molar-refractivity contribution in [2.24, 2.45) is 0 Å². The first-order valence-corrected chi connectivity index (χ1v) is 10.7. The predicted octanol–water partition coefficient (Wildman–Crippen LogP) is 2.56. The minimum atomic E-state index is -0.272. The van der Waals surface area contributed by atoms with Crippen LogP contribution >= 0.6 is 11.3 Å². The first-order chi connectivity index (χ1) is 13.6. The largest absolute Gasteiger partial charge is 0.497 e. The molecule has 2 aromatic rings. The van der Waals surface area contributed by atoms with Crippen molar-refractivity contribution in [3.8, 4) is 5.75 Å². The van der Waals surface area contributed by atoms with Crippen molar-refractivity contribution in [1.29, 1.82) is 0 Å². The molecular formula is C21H29N3O3S. The van der Waals surface area contributed by atoms with Crippen LogP contribution in [0.3, 0.4) is 0 Å². The Bertz CT molecular complexity index is 767. The summed E-state index contributed by atoms with van der Waals surface area (Å²) in [5.41, 5.74) is 2.17. The molecule has 0 N–H and O–H groups in total. The van der Waals surface area contributed by atoms with E-state index < -0.39 is 0 Å². The van der Waals surface area contributed by atoms with Gasteiger partial charge in [0.15, 0.2) is 0 Å². The average Bonchev–Trinajstić information content (AvgIpc) is 3.00. The molecule has 28 heavy (non-hydrogen) atoms. The minimum absolute atomic E-state index is 0.272. The fourth-order valence-corrected chi connectivity index (χ4v) is 4.66. The van der Waals surface area contributed by atoms with Crippen molar-refractivity contribution in [2.45, 2.75) is 25.6 Å². The zero-order chi connectivity index (χ0) is 19.4. The van der Waals surface area contributed by atoms with Gasteiger partial charge in [0.1, 0.15) is 11.4 Å². The van der Waals surface area contributed by atoms with Gasteiger partial charge in [-0.25, -0.2) is 4.98 Å². The van der Waals surface area contributed by atoms with Gasteiger partial charge in [-0.2, -0.15) is 0 Å². The molecule has 6 nitrogen and oxygen atoms in total. The summed E-state index contributed by atoms with van der Waals surface area (Å²) in [7, 11) is 1.70. The maximum absolute atomic E-state index is 6.32. The van der Waals surface area contributed by atoms with Crippen molar-refractivity contribution in [2.75, 3.05) is 53.1 Å². The summed E-state index contributed by atoms with van der Waals surface area (Å²) in [6, 6.07) is 8.33. The van der Waals surface area contributed by atoms with Gasteiger partial charge in [0.05, 0.1) is 37.6 Å². The van der Waals surface area contributed by atoms with Gasteiger partial charge < -0.3 is 14.2 Å². The van der Waals surface area contributed by atoms with Gasteiger partial charge in [-0.15, -0.1) is 11.3 Å². The van der Waals surface area contributed by atoms with Crippen LogP contribution in [-0.4, -0.2) is 73.5 Å². The van der Waals surface area contributed by atoms with Crippen LogP contribution in [0.1, 0.15) is 16.3 Å². The van der Waals surface area contributed by atoms with E-state index in [9.17, 15) is 0 Å². The Morgan fingerprint density at radius 2 is 1.86 bits per heavy atom. The number of hydrogen-bond donors (Lipinski definition) is 0. The van der Waals surface area contributed by atoms with Crippen LogP contribution in [0.4, 0.5) is 0 Å². The predicted molar refractivity (Wildman–Crippen MR) is 110 cm³/mol. The van der Waals surface area contributed by atoms with E-state index in [-0.39, 0.29) is 5.60 Å². The quantitative estimate of drug-likeness (QED) is 0.765. The topological polar surface area (TPSA) is 47.1 Å². The van der Waals surface area contributed by atoms with Gasteiger partial charge >= 0.3 is 0 Å². The Balaban J connectivity index is 1.41. The molecule has 1 atom stereocenters. The maximum atomic E-state index is 6.32. The summed E-state index contributed by atoms with van der Waals surface area (Å²) in [6.07, 6.45) is 0. The molecule has 3 heterocycles. The van der Waals surface area contributed by atoms with Crippen molar-refractivity contribution in [3.63, 3.8) is 0 Å². The highest BCUT2D eigenvalue weighted by molar-refractivity contribution is 7.09. The zero-order valence-corrected chi connectivity index (χ0v) is 17.5. The number of thiazole rings is 1. The molecule has 1 aromatic carbocycles. The number of hydrogen-bond acceptors (Lipinski definition) is 7. The summed E-state index contributed by atoms with van der Waals surface area (Å²) < 4.78 is 17.5. The number of nitrogens with zero attached hydrogens (tertiary/aromatic N) is 3. The molecule has 0 amide bonds. The molecule has 7 heteroatoms. The third-order valence-electron chi connectivity index (χ3n) is 5.37. The highest BCUT2D eigenvalue weighted by atomic mass is 32.1. The molecule has 1 spiro atoms. The van der Waals surface area contributed by atoms with E-state index in [1.54, 1.807) is 18.4 Å². The van der Waals surface area contributed by atoms with Gasteiger partial charge in [-0.3, -0.25) is 9.80 Å². The number of methoxy groups -OCH3 is 1. The summed E-state index contributed by atoms with van der Waals surface area (Å²) >= 11 is 1.71. The van der Waals surface area contributed by atoms with E-state index in [0.717, 1.165) is 68.9 Å². The highest BCUT2D eigenvalue weighted by Crippen LogP contribution is 2.25. The number of morpholine rings is 1. The maximum Gasteiger partial charge on any atom is 0.118 e. The Hall–Kier alpha value is -1.51. The summed E-state index contributed by atoms with van der Waals surface area (Å²) in [5.74, 6) is 0.896. The second-order valence-corrected chi connectivity index (χ2v) is 8.77. The molecule has 0 aliphatic carbocycles. The molecule has 0 saturated carbocycles. The summed E-state index contributed by atoms with van der Waals surface area (Å²) in [6.45, 7) is 9.59. The first kappa shape index (κ1) is 19.8. The molecule has 4 rings (SSSR count). The monoisotopic (exact) mass is 403 g/mol. The first-order valence-electron chi connectivity index (χ1n) is 9.84. The van der Waals surface area contributed by atoms with E-state index in [1.165, 1.54) is 5.56 Å². The lowest BCUT2D eigenvalue weighted by molar-refractivity contribution is -0.143. The summed E-state index contributed by atoms with van der Waals surface area (Å²) in [5, 5.41) is 3.28. The van der Waals surface area contributed by atoms with Crippen molar-refractivity contribution < 1.29 is 14.2 Å². The van der Waals surface area contributed by atoms with Crippen LogP contribution < -0.4 is 4.74 Å². The Kier molecular flexibility index (Phi) is 6.28. The number of benzene rings is 1. The van der Waals surface area contributed by atoms with Crippen LogP contribution in [0.2, 0.25) is 0 Å².